The first-order valence-corrected chi connectivity index (χ1v) is 7.19. The van der Waals surface area contributed by atoms with Crippen LogP contribution < -0.4 is 11.3 Å². The van der Waals surface area contributed by atoms with Crippen LogP contribution in [0.2, 0.25) is 0 Å². The zero-order valence-corrected chi connectivity index (χ0v) is 12.3. The van der Waals surface area contributed by atoms with E-state index in [4.69, 9.17) is 5.84 Å². The Kier molecular flexibility index (Phi) is 4.21. The van der Waals surface area contributed by atoms with E-state index in [0.717, 1.165) is 37.9 Å². The summed E-state index contributed by atoms with van der Waals surface area (Å²) in [5, 5.41) is 0.790. The monoisotopic (exact) mass is 269 g/mol. The number of nitrogens with two attached hydrogens (primary N) is 1. The molecule has 1 fully saturated rings. The Morgan fingerprint density at radius 1 is 1.33 bits per heavy atom. The third-order valence-corrected chi connectivity index (χ3v) is 4.29. The topological polar surface area (TPSA) is 57.4 Å². The average Bonchev–Trinajstić information content (AvgIpc) is 2.76. The van der Waals surface area contributed by atoms with E-state index in [0.29, 0.717) is 0 Å². The van der Waals surface area contributed by atoms with Gasteiger partial charge in [0.2, 0.25) is 0 Å². The molecule has 0 bridgehead atoms. The van der Waals surface area contributed by atoms with Gasteiger partial charge in [0.05, 0.1) is 0 Å². The van der Waals surface area contributed by atoms with Gasteiger partial charge in [-0.2, -0.15) is 0 Å². The van der Waals surface area contributed by atoms with Crippen LogP contribution in [0.1, 0.15) is 25.6 Å². The van der Waals surface area contributed by atoms with Crippen molar-refractivity contribution in [2.75, 3.05) is 31.6 Å². The van der Waals surface area contributed by atoms with Gasteiger partial charge < -0.3 is 0 Å². The molecule has 0 aliphatic carbocycles. The van der Waals surface area contributed by atoms with E-state index < -0.39 is 0 Å². The third kappa shape index (κ3) is 3.41. The van der Waals surface area contributed by atoms with Crippen LogP contribution in [0.3, 0.4) is 0 Å². The number of aromatic nitrogens is 1. The van der Waals surface area contributed by atoms with Crippen LogP contribution in [0.15, 0.2) is 6.20 Å². The van der Waals surface area contributed by atoms with Crippen molar-refractivity contribution in [3.8, 4) is 0 Å². The maximum absolute atomic E-state index is 5.34. The van der Waals surface area contributed by atoms with Crippen molar-refractivity contribution in [3.63, 3.8) is 0 Å². The number of piperazine rings is 1. The standard InChI is InChI=1S/C12H23N5S/c1-12(2,3)17-6-4-16(5-7-17)9-10-8-14-11(15-13)18-10/h8H,4-7,9,13H2,1-3H3,(H,14,15). The summed E-state index contributed by atoms with van der Waals surface area (Å²) in [6, 6.07) is 0. The van der Waals surface area contributed by atoms with Crippen LogP contribution in [0, 0.1) is 0 Å². The van der Waals surface area contributed by atoms with Gasteiger partial charge in [0.1, 0.15) is 0 Å². The van der Waals surface area contributed by atoms with Crippen LogP contribution in [0.5, 0.6) is 0 Å². The summed E-state index contributed by atoms with van der Waals surface area (Å²) >= 11 is 1.63. The van der Waals surface area contributed by atoms with E-state index in [9.17, 15) is 0 Å². The second-order valence-corrected chi connectivity index (χ2v) is 6.83. The predicted molar refractivity (Wildman–Crippen MR) is 76.5 cm³/mol. The molecular weight excluding hydrogens is 246 g/mol. The van der Waals surface area contributed by atoms with Gasteiger partial charge in [0, 0.05) is 49.3 Å². The van der Waals surface area contributed by atoms with Gasteiger partial charge in [0.15, 0.2) is 5.13 Å². The molecule has 1 aliphatic heterocycles. The summed E-state index contributed by atoms with van der Waals surface area (Å²) in [5.41, 5.74) is 2.88. The van der Waals surface area contributed by atoms with E-state index in [1.165, 1.54) is 4.88 Å². The highest BCUT2D eigenvalue weighted by atomic mass is 32.1. The molecule has 0 saturated carbocycles. The molecule has 6 heteroatoms. The summed E-state index contributed by atoms with van der Waals surface area (Å²) in [6.45, 7) is 12.4. The van der Waals surface area contributed by atoms with E-state index in [1.807, 2.05) is 6.20 Å². The van der Waals surface area contributed by atoms with Crippen molar-refractivity contribution < 1.29 is 0 Å². The fraction of sp³-hybridized carbons (Fsp3) is 0.750. The van der Waals surface area contributed by atoms with E-state index in [2.05, 4.69) is 41.0 Å². The minimum Gasteiger partial charge on any atom is -0.300 e. The van der Waals surface area contributed by atoms with Crippen molar-refractivity contribution in [3.05, 3.63) is 11.1 Å². The van der Waals surface area contributed by atoms with Crippen molar-refractivity contribution in [1.82, 2.24) is 14.8 Å². The highest BCUT2D eigenvalue weighted by Crippen LogP contribution is 2.21. The zero-order chi connectivity index (χ0) is 13.2. The largest absolute Gasteiger partial charge is 0.300 e. The molecule has 102 valence electrons. The second kappa shape index (κ2) is 5.52. The van der Waals surface area contributed by atoms with E-state index >= 15 is 0 Å². The zero-order valence-electron chi connectivity index (χ0n) is 11.4. The Labute approximate surface area is 113 Å². The van der Waals surface area contributed by atoms with Gasteiger partial charge in [-0.25, -0.2) is 10.8 Å². The van der Waals surface area contributed by atoms with Crippen LogP contribution in [0.25, 0.3) is 0 Å². The van der Waals surface area contributed by atoms with Gasteiger partial charge >= 0.3 is 0 Å². The van der Waals surface area contributed by atoms with Crippen molar-refractivity contribution in [2.24, 2.45) is 5.84 Å². The first kappa shape index (κ1) is 13.7. The molecule has 1 aliphatic rings. The minimum atomic E-state index is 0.285. The molecule has 1 saturated heterocycles. The van der Waals surface area contributed by atoms with E-state index in [1.54, 1.807) is 11.3 Å². The molecule has 0 unspecified atom stereocenters. The van der Waals surface area contributed by atoms with Crippen LogP contribution in [-0.2, 0) is 6.54 Å². The summed E-state index contributed by atoms with van der Waals surface area (Å²) in [4.78, 5) is 10.5. The summed E-state index contributed by atoms with van der Waals surface area (Å²) in [5.74, 6) is 5.34. The number of hydrogen-bond donors (Lipinski definition) is 2. The first-order chi connectivity index (χ1) is 8.49. The summed E-state index contributed by atoms with van der Waals surface area (Å²) < 4.78 is 0. The lowest BCUT2D eigenvalue weighted by atomic mass is 10.1. The lowest BCUT2D eigenvalue weighted by Gasteiger charge is -2.42. The molecule has 2 heterocycles. The molecule has 0 radical (unpaired) electrons. The van der Waals surface area contributed by atoms with Crippen molar-refractivity contribution in [1.29, 1.82) is 0 Å². The molecule has 0 atom stereocenters. The molecule has 1 aromatic rings. The number of nitrogens with one attached hydrogen (secondary N) is 1. The quantitative estimate of drug-likeness (QED) is 0.641. The maximum atomic E-state index is 5.34. The second-order valence-electron chi connectivity index (χ2n) is 5.71. The normalized spacial score (nSPS) is 19.1. The van der Waals surface area contributed by atoms with Crippen molar-refractivity contribution in [2.45, 2.75) is 32.9 Å². The average molecular weight is 269 g/mol. The SMILES string of the molecule is CC(C)(C)N1CCN(Cc2cnc(NN)s2)CC1. The predicted octanol–water partition coefficient (Wildman–Crippen LogP) is 1.34. The first-order valence-electron chi connectivity index (χ1n) is 6.38. The smallest absolute Gasteiger partial charge is 0.197 e. The van der Waals surface area contributed by atoms with Gasteiger partial charge in [0.25, 0.3) is 0 Å². The molecular formula is C12H23N5S. The number of hydrogen-bond acceptors (Lipinski definition) is 6. The molecule has 0 amide bonds. The lowest BCUT2D eigenvalue weighted by Crippen LogP contribution is -2.53. The molecule has 5 nitrogen and oxygen atoms in total. The number of thiazole rings is 1. The number of hydrazine groups is 1. The molecule has 1 aromatic heterocycles. The maximum Gasteiger partial charge on any atom is 0.197 e. The Balaban J connectivity index is 1.83. The van der Waals surface area contributed by atoms with Crippen LogP contribution in [0.4, 0.5) is 5.13 Å². The lowest BCUT2D eigenvalue weighted by molar-refractivity contribution is 0.0595. The van der Waals surface area contributed by atoms with E-state index in [-0.39, 0.29) is 5.54 Å². The van der Waals surface area contributed by atoms with Gasteiger partial charge in [-0.1, -0.05) is 11.3 Å². The fourth-order valence-corrected chi connectivity index (χ4v) is 3.01. The molecule has 3 N–H and O–H groups in total. The minimum absolute atomic E-state index is 0.285. The number of nitrogen functional groups attached to an aromatic ring is 1. The summed E-state index contributed by atoms with van der Waals surface area (Å²) in [7, 11) is 0. The molecule has 0 spiro atoms. The van der Waals surface area contributed by atoms with Gasteiger partial charge in [-0.3, -0.25) is 15.2 Å². The highest BCUT2D eigenvalue weighted by Gasteiger charge is 2.25. The molecule has 18 heavy (non-hydrogen) atoms. The Bertz CT molecular complexity index is 376. The van der Waals surface area contributed by atoms with Gasteiger partial charge in [-0.15, -0.1) is 0 Å². The Hall–Kier alpha value is -0.690. The number of nitrogens with zero attached hydrogens (tertiary/aromatic N) is 3. The highest BCUT2D eigenvalue weighted by molar-refractivity contribution is 7.15. The fourth-order valence-electron chi connectivity index (χ4n) is 2.24. The number of rotatable bonds is 3. The Morgan fingerprint density at radius 2 is 2.00 bits per heavy atom. The van der Waals surface area contributed by atoms with Crippen molar-refractivity contribution >= 4 is 16.5 Å². The van der Waals surface area contributed by atoms with Gasteiger partial charge in [-0.05, 0) is 20.8 Å². The molecule has 0 aromatic carbocycles. The Morgan fingerprint density at radius 3 is 2.50 bits per heavy atom. The third-order valence-electron chi connectivity index (χ3n) is 3.38. The molecule has 2 rings (SSSR count). The van der Waals surface area contributed by atoms with Crippen LogP contribution in [-0.4, -0.2) is 46.5 Å². The number of anilines is 1. The summed E-state index contributed by atoms with van der Waals surface area (Å²) in [6.07, 6.45) is 1.91. The van der Waals surface area contributed by atoms with Crippen LogP contribution >= 0.6 is 11.3 Å².